The van der Waals surface area contributed by atoms with Crippen molar-refractivity contribution < 1.29 is 13.5 Å². The van der Waals surface area contributed by atoms with Gasteiger partial charge in [0.15, 0.2) is 0 Å². The number of aromatic nitrogens is 1. The quantitative estimate of drug-likeness (QED) is 0.908. The number of ether oxygens (including phenoxy) is 1. The van der Waals surface area contributed by atoms with E-state index in [1.54, 1.807) is 6.07 Å². The van der Waals surface area contributed by atoms with E-state index in [0.717, 1.165) is 30.3 Å². The molecule has 0 atom stereocenters. The van der Waals surface area contributed by atoms with Gasteiger partial charge in [0, 0.05) is 37.0 Å². The van der Waals surface area contributed by atoms with Gasteiger partial charge in [0.05, 0.1) is 5.02 Å². The lowest BCUT2D eigenvalue weighted by molar-refractivity contribution is 0.450. The van der Waals surface area contributed by atoms with Crippen LogP contribution in [0.1, 0.15) is 12.5 Å². The molecule has 0 spiro atoms. The van der Waals surface area contributed by atoms with E-state index < -0.39 is 11.6 Å². The Balaban J connectivity index is 2.20. The second kappa shape index (κ2) is 6.63. The van der Waals surface area contributed by atoms with E-state index >= 15 is 0 Å². The zero-order chi connectivity index (χ0) is 14.5. The molecular weight excluding hydrogens is 286 g/mol. The fourth-order valence-corrected chi connectivity index (χ4v) is 1.79. The maximum Gasteiger partial charge on any atom is 0.219 e. The molecule has 0 aliphatic rings. The highest BCUT2D eigenvalue weighted by atomic mass is 35.5. The van der Waals surface area contributed by atoms with Gasteiger partial charge in [-0.15, -0.1) is 0 Å². The highest BCUT2D eigenvalue weighted by Crippen LogP contribution is 2.25. The molecule has 1 N–H and O–H groups in total. The van der Waals surface area contributed by atoms with Gasteiger partial charge < -0.3 is 10.1 Å². The lowest BCUT2D eigenvalue weighted by Gasteiger charge is -2.09. The van der Waals surface area contributed by atoms with Crippen LogP contribution in [-0.2, 0) is 6.54 Å². The molecule has 0 saturated carbocycles. The first-order chi connectivity index (χ1) is 9.58. The van der Waals surface area contributed by atoms with Crippen molar-refractivity contribution in [1.82, 2.24) is 10.3 Å². The first-order valence-corrected chi connectivity index (χ1v) is 6.45. The predicted molar refractivity (Wildman–Crippen MR) is 73.1 cm³/mol. The average Bonchev–Trinajstić information content (AvgIpc) is 2.38. The van der Waals surface area contributed by atoms with Crippen molar-refractivity contribution in [2.24, 2.45) is 0 Å². The molecule has 0 saturated heterocycles. The minimum absolute atomic E-state index is 0.0479. The van der Waals surface area contributed by atoms with E-state index in [4.69, 9.17) is 16.3 Å². The van der Waals surface area contributed by atoms with Crippen LogP contribution in [0.15, 0.2) is 30.5 Å². The molecule has 1 heterocycles. The molecule has 1 aromatic carbocycles. The molecule has 0 bridgehead atoms. The Morgan fingerprint density at radius 2 is 1.90 bits per heavy atom. The summed E-state index contributed by atoms with van der Waals surface area (Å²) < 4.78 is 31.5. The molecule has 3 nitrogen and oxygen atoms in total. The minimum Gasteiger partial charge on any atom is -0.439 e. The van der Waals surface area contributed by atoms with Crippen LogP contribution in [0.3, 0.4) is 0 Å². The summed E-state index contributed by atoms with van der Waals surface area (Å²) >= 11 is 6.01. The van der Waals surface area contributed by atoms with Crippen LogP contribution in [0.25, 0.3) is 0 Å². The normalized spacial score (nSPS) is 10.6. The van der Waals surface area contributed by atoms with E-state index in [-0.39, 0.29) is 11.6 Å². The topological polar surface area (TPSA) is 34.1 Å². The lowest BCUT2D eigenvalue weighted by atomic mass is 10.2. The first-order valence-electron chi connectivity index (χ1n) is 6.07. The third kappa shape index (κ3) is 3.88. The Morgan fingerprint density at radius 1 is 1.20 bits per heavy atom. The number of pyridine rings is 1. The largest absolute Gasteiger partial charge is 0.439 e. The number of hydrogen-bond donors (Lipinski definition) is 1. The molecule has 1 aromatic heterocycles. The van der Waals surface area contributed by atoms with Gasteiger partial charge in [-0.3, -0.25) is 0 Å². The van der Waals surface area contributed by atoms with Crippen LogP contribution in [-0.4, -0.2) is 11.5 Å². The zero-order valence-corrected chi connectivity index (χ0v) is 11.5. The number of hydrogen-bond acceptors (Lipinski definition) is 3. The number of rotatable bonds is 5. The van der Waals surface area contributed by atoms with E-state index in [2.05, 4.69) is 10.3 Å². The van der Waals surface area contributed by atoms with Gasteiger partial charge in [-0.25, -0.2) is 13.8 Å². The van der Waals surface area contributed by atoms with Crippen molar-refractivity contribution in [3.05, 3.63) is 52.7 Å². The maximum atomic E-state index is 13.1. The molecule has 6 heteroatoms. The summed E-state index contributed by atoms with van der Waals surface area (Å²) in [7, 11) is 0. The van der Waals surface area contributed by atoms with Gasteiger partial charge in [-0.1, -0.05) is 18.5 Å². The third-order valence-corrected chi connectivity index (χ3v) is 2.87. The van der Waals surface area contributed by atoms with Gasteiger partial charge in [0.25, 0.3) is 0 Å². The first kappa shape index (κ1) is 14.7. The van der Waals surface area contributed by atoms with Gasteiger partial charge in [0.1, 0.15) is 17.4 Å². The van der Waals surface area contributed by atoms with Crippen LogP contribution >= 0.6 is 11.6 Å². The molecule has 106 valence electrons. The molecule has 2 aromatic rings. The van der Waals surface area contributed by atoms with Crippen LogP contribution in [0, 0.1) is 11.6 Å². The highest BCUT2D eigenvalue weighted by Gasteiger charge is 2.07. The molecule has 0 aliphatic carbocycles. The average molecular weight is 299 g/mol. The minimum atomic E-state index is -0.707. The van der Waals surface area contributed by atoms with Gasteiger partial charge in [0.2, 0.25) is 5.88 Å². The summed E-state index contributed by atoms with van der Waals surface area (Å²) in [5.41, 5.74) is 0.801. The number of nitrogens with zero attached hydrogens (tertiary/aromatic N) is 1. The van der Waals surface area contributed by atoms with Crippen molar-refractivity contribution in [2.75, 3.05) is 6.54 Å². The molecule has 0 unspecified atom stereocenters. The Labute approximate surface area is 120 Å². The van der Waals surface area contributed by atoms with Gasteiger partial charge >= 0.3 is 0 Å². The Morgan fingerprint density at radius 3 is 2.55 bits per heavy atom. The Bertz CT molecular complexity index is 587. The van der Waals surface area contributed by atoms with Gasteiger partial charge in [-0.05, 0) is 12.1 Å². The Kier molecular flexibility index (Phi) is 4.87. The van der Waals surface area contributed by atoms with Crippen molar-refractivity contribution in [1.29, 1.82) is 0 Å². The number of halogens is 3. The molecule has 0 radical (unpaired) electrons. The van der Waals surface area contributed by atoms with Crippen molar-refractivity contribution in [2.45, 2.75) is 13.5 Å². The molecule has 20 heavy (non-hydrogen) atoms. The fourth-order valence-electron chi connectivity index (χ4n) is 1.62. The molecule has 0 fully saturated rings. The smallest absolute Gasteiger partial charge is 0.219 e. The summed E-state index contributed by atoms with van der Waals surface area (Å²) in [5, 5.41) is 3.63. The van der Waals surface area contributed by atoms with Gasteiger partial charge in [-0.2, -0.15) is 0 Å². The zero-order valence-electron chi connectivity index (χ0n) is 10.8. The monoisotopic (exact) mass is 298 g/mol. The Hall–Kier alpha value is -1.72. The second-order valence-corrected chi connectivity index (χ2v) is 4.51. The number of nitrogens with one attached hydrogen (secondary N) is 1. The molecule has 0 amide bonds. The van der Waals surface area contributed by atoms with E-state index in [9.17, 15) is 8.78 Å². The van der Waals surface area contributed by atoms with E-state index in [0.29, 0.717) is 11.6 Å². The van der Waals surface area contributed by atoms with E-state index in [1.807, 2.05) is 6.92 Å². The summed E-state index contributed by atoms with van der Waals surface area (Å²) in [5.74, 6) is -1.14. The van der Waals surface area contributed by atoms with Crippen LogP contribution in [0.4, 0.5) is 8.78 Å². The predicted octanol–water partition coefficient (Wildman–Crippen LogP) is 3.92. The van der Waals surface area contributed by atoms with Crippen molar-refractivity contribution >= 4 is 11.6 Å². The molecule has 2 rings (SSSR count). The summed E-state index contributed by atoms with van der Waals surface area (Å²) in [6.45, 7) is 3.33. The van der Waals surface area contributed by atoms with Crippen molar-refractivity contribution in [3.63, 3.8) is 0 Å². The SMILES string of the molecule is CCNCc1cc(Oc2cc(F)cc(F)c2)ncc1Cl. The fraction of sp³-hybridized carbons (Fsp3) is 0.214. The third-order valence-electron chi connectivity index (χ3n) is 2.53. The number of benzene rings is 1. The molecule has 0 aliphatic heterocycles. The standard InChI is InChI=1S/C14H13ClF2N2O/c1-2-18-7-9-3-14(19-8-13(9)15)20-12-5-10(16)4-11(17)6-12/h3-6,8,18H,2,7H2,1H3. The summed E-state index contributed by atoms with van der Waals surface area (Å²) in [4.78, 5) is 3.97. The molecular formula is C14H13ClF2N2O. The van der Waals surface area contributed by atoms with Crippen LogP contribution < -0.4 is 10.1 Å². The summed E-state index contributed by atoms with van der Waals surface area (Å²) in [6, 6.07) is 4.58. The van der Waals surface area contributed by atoms with E-state index in [1.165, 1.54) is 6.20 Å². The van der Waals surface area contributed by atoms with Crippen LogP contribution in [0.2, 0.25) is 5.02 Å². The summed E-state index contributed by atoms with van der Waals surface area (Å²) in [6.07, 6.45) is 1.44. The van der Waals surface area contributed by atoms with Crippen LogP contribution in [0.5, 0.6) is 11.6 Å². The maximum absolute atomic E-state index is 13.1. The lowest BCUT2D eigenvalue weighted by Crippen LogP contribution is -2.12. The highest BCUT2D eigenvalue weighted by molar-refractivity contribution is 6.31. The van der Waals surface area contributed by atoms with Crippen molar-refractivity contribution in [3.8, 4) is 11.6 Å². The second-order valence-electron chi connectivity index (χ2n) is 4.10.